The number of carbonyl (C=O) groups excluding carboxylic acids is 2. The molecule has 0 saturated carbocycles. The van der Waals surface area contributed by atoms with E-state index in [1.54, 1.807) is 12.1 Å². The maximum Gasteiger partial charge on any atom is 0.244 e. The highest BCUT2D eigenvalue weighted by Gasteiger charge is 2.31. The Balaban J connectivity index is 1.95. The minimum absolute atomic E-state index is 0.0122. The van der Waals surface area contributed by atoms with E-state index in [1.807, 2.05) is 0 Å². The highest BCUT2D eigenvalue weighted by Crippen LogP contribution is 2.36. The van der Waals surface area contributed by atoms with Gasteiger partial charge >= 0.3 is 0 Å². The lowest BCUT2D eigenvalue weighted by atomic mass is 10.1. The van der Waals surface area contributed by atoms with Crippen LogP contribution in [0.2, 0.25) is 0 Å². The van der Waals surface area contributed by atoms with Crippen molar-refractivity contribution >= 4 is 27.5 Å². The summed E-state index contributed by atoms with van der Waals surface area (Å²) in [4.78, 5) is 26.8. The maximum absolute atomic E-state index is 14.3. The Bertz CT molecular complexity index is 1140. The molecule has 0 fully saturated rings. The normalized spacial score (nSPS) is 13.3. The van der Waals surface area contributed by atoms with Crippen LogP contribution in [0.15, 0.2) is 42.5 Å². The molecule has 1 aliphatic rings. The first-order chi connectivity index (χ1) is 15.7. The van der Waals surface area contributed by atoms with Gasteiger partial charge < -0.3 is 19.7 Å². The molecule has 0 aromatic heterocycles. The second kappa shape index (κ2) is 10.1. The summed E-state index contributed by atoms with van der Waals surface area (Å²) >= 11 is 0. The lowest BCUT2D eigenvalue weighted by molar-refractivity contribution is -0.139. The minimum Gasteiger partial charge on any atom is -0.454 e. The number of benzene rings is 2. The van der Waals surface area contributed by atoms with E-state index in [-0.39, 0.29) is 30.3 Å². The van der Waals surface area contributed by atoms with Gasteiger partial charge in [-0.2, -0.15) is 0 Å². The molecule has 3 rings (SSSR count). The fourth-order valence-corrected chi connectivity index (χ4v) is 4.42. The number of hydrogen-bond donors (Lipinski definition) is 1. The number of nitrogens with zero attached hydrogens (tertiary/aromatic N) is 2. The van der Waals surface area contributed by atoms with Gasteiger partial charge in [-0.15, -0.1) is 0 Å². The molecular weight excluding hydrogens is 453 g/mol. The van der Waals surface area contributed by atoms with E-state index in [2.05, 4.69) is 5.32 Å². The molecule has 0 radical (unpaired) electrons. The number of ether oxygens (including phenoxy) is 2. The Kier molecular flexibility index (Phi) is 7.42. The summed E-state index contributed by atoms with van der Waals surface area (Å²) in [7, 11) is -2.46. The van der Waals surface area contributed by atoms with Gasteiger partial charge in [0.2, 0.25) is 28.6 Å². The molecule has 1 atom stereocenters. The molecule has 1 heterocycles. The fraction of sp³-hybridized carbons (Fsp3) is 0.364. The number of sulfonamides is 1. The second-order valence-electron chi connectivity index (χ2n) is 7.35. The third-order valence-electron chi connectivity index (χ3n) is 5.34. The minimum atomic E-state index is -3.88. The van der Waals surface area contributed by atoms with Crippen molar-refractivity contribution < 1.29 is 31.9 Å². The van der Waals surface area contributed by atoms with Crippen LogP contribution in [-0.2, 0) is 26.2 Å². The average molecular weight is 480 g/mol. The van der Waals surface area contributed by atoms with E-state index in [9.17, 15) is 22.4 Å². The standard InChI is InChI=1S/C22H26FN3O6S/c1-4-33(29,30)26(17-9-10-19-20(11-17)32-14-31-19)13-21(27)25(15(2)22(28)24-3)12-16-7-5-6-8-18(16)23/h5-11,15H,4,12-14H2,1-3H3,(H,24,28)/t15-/m1/s1. The molecule has 178 valence electrons. The number of fused-ring (bicyclic) bond motifs is 1. The van der Waals surface area contributed by atoms with Gasteiger partial charge in [-0.3, -0.25) is 13.9 Å². The molecule has 2 aromatic carbocycles. The number of rotatable bonds is 9. The zero-order chi connectivity index (χ0) is 24.2. The van der Waals surface area contributed by atoms with E-state index < -0.39 is 40.2 Å². The van der Waals surface area contributed by atoms with E-state index in [4.69, 9.17) is 9.47 Å². The van der Waals surface area contributed by atoms with Gasteiger partial charge in [0.25, 0.3) is 0 Å². The summed E-state index contributed by atoms with van der Waals surface area (Å²) < 4.78 is 51.6. The summed E-state index contributed by atoms with van der Waals surface area (Å²) in [5.41, 5.74) is 0.419. The molecule has 33 heavy (non-hydrogen) atoms. The molecule has 0 saturated heterocycles. The third kappa shape index (κ3) is 5.36. The van der Waals surface area contributed by atoms with Crippen molar-refractivity contribution in [2.24, 2.45) is 0 Å². The number of carbonyl (C=O) groups is 2. The summed E-state index contributed by atoms with van der Waals surface area (Å²) in [6.45, 7) is 2.19. The molecule has 2 aromatic rings. The van der Waals surface area contributed by atoms with Crippen LogP contribution in [0.25, 0.3) is 0 Å². The zero-order valence-corrected chi connectivity index (χ0v) is 19.4. The number of nitrogens with one attached hydrogen (secondary N) is 1. The topological polar surface area (TPSA) is 105 Å². The van der Waals surface area contributed by atoms with Crippen molar-refractivity contribution in [2.45, 2.75) is 26.4 Å². The molecule has 0 aliphatic carbocycles. The Hall–Kier alpha value is -3.34. The summed E-state index contributed by atoms with van der Waals surface area (Å²) in [6.07, 6.45) is 0. The number of hydrogen-bond acceptors (Lipinski definition) is 6. The van der Waals surface area contributed by atoms with Gasteiger partial charge in [-0.25, -0.2) is 12.8 Å². The third-order valence-corrected chi connectivity index (χ3v) is 7.08. The van der Waals surface area contributed by atoms with Crippen LogP contribution in [0, 0.1) is 5.82 Å². The van der Waals surface area contributed by atoms with Crippen LogP contribution < -0.4 is 19.1 Å². The lowest BCUT2D eigenvalue weighted by Gasteiger charge is -2.31. The predicted molar refractivity (Wildman–Crippen MR) is 120 cm³/mol. The van der Waals surface area contributed by atoms with Crippen molar-refractivity contribution in [3.05, 3.63) is 53.8 Å². The van der Waals surface area contributed by atoms with Crippen LogP contribution in [0.4, 0.5) is 10.1 Å². The molecular formula is C22H26FN3O6S. The highest BCUT2D eigenvalue weighted by molar-refractivity contribution is 7.92. The Morgan fingerprint density at radius 2 is 1.85 bits per heavy atom. The molecule has 0 bridgehead atoms. The van der Waals surface area contributed by atoms with Crippen molar-refractivity contribution in [2.75, 3.05) is 30.4 Å². The first-order valence-electron chi connectivity index (χ1n) is 10.3. The van der Waals surface area contributed by atoms with E-state index in [1.165, 1.54) is 51.2 Å². The van der Waals surface area contributed by atoms with Gasteiger partial charge in [-0.1, -0.05) is 18.2 Å². The Morgan fingerprint density at radius 1 is 1.15 bits per heavy atom. The smallest absolute Gasteiger partial charge is 0.244 e. The lowest BCUT2D eigenvalue weighted by Crippen LogP contribution is -2.51. The van der Waals surface area contributed by atoms with Gasteiger partial charge in [-0.05, 0) is 32.0 Å². The first-order valence-corrected chi connectivity index (χ1v) is 11.9. The van der Waals surface area contributed by atoms with Gasteiger partial charge in [0.1, 0.15) is 18.4 Å². The van der Waals surface area contributed by atoms with E-state index in [0.29, 0.717) is 11.5 Å². The molecule has 1 aliphatic heterocycles. The number of likely N-dealkylation sites (N-methyl/N-ethyl adjacent to an activating group) is 1. The summed E-state index contributed by atoms with van der Waals surface area (Å²) in [5, 5.41) is 2.47. The van der Waals surface area contributed by atoms with Crippen LogP contribution in [-0.4, -0.2) is 57.3 Å². The van der Waals surface area contributed by atoms with Gasteiger partial charge in [0.05, 0.1) is 11.4 Å². The molecule has 0 spiro atoms. The second-order valence-corrected chi connectivity index (χ2v) is 9.53. The van der Waals surface area contributed by atoms with Gasteiger partial charge in [0.15, 0.2) is 11.5 Å². The number of anilines is 1. The van der Waals surface area contributed by atoms with E-state index in [0.717, 1.165) is 9.21 Å². The van der Waals surface area contributed by atoms with Crippen molar-refractivity contribution in [3.8, 4) is 11.5 Å². The maximum atomic E-state index is 14.3. The van der Waals surface area contributed by atoms with Crippen LogP contribution in [0.5, 0.6) is 11.5 Å². The highest BCUT2D eigenvalue weighted by atomic mass is 32.2. The zero-order valence-electron chi connectivity index (χ0n) is 18.6. The average Bonchev–Trinajstić information content (AvgIpc) is 3.28. The quantitative estimate of drug-likeness (QED) is 0.589. The number of halogens is 1. The largest absolute Gasteiger partial charge is 0.454 e. The molecule has 1 N–H and O–H groups in total. The molecule has 0 unspecified atom stereocenters. The van der Waals surface area contributed by atoms with Gasteiger partial charge in [0, 0.05) is 25.2 Å². The Morgan fingerprint density at radius 3 is 2.52 bits per heavy atom. The fourth-order valence-electron chi connectivity index (χ4n) is 3.36. The SMILES string of the molecule is CCS(=O)(=O)N(CC(=O)N(Cc1ccccc1F)[C@H](C)C(=O)NC)c1ccc2c(c1)OCO2. The Labute approximate surface area is 192 Å². The van der Waals surface area contributed by atoms with E-state index >= 15 is 0 Å². The predicted octanol–water partition coefficient (Wildman–Crippen LogP) is 1.87. The van der Waals surface area contributed by atoms with Crippen LogP contribution >= 0.6 is 0 Å². The van der Waals surface area contributed by atoms with Crippen LogP contribution in [0.1, 0.15) is 19.4 Å². The first kappa shape index (κ1) is 24.3. The van der Waals surface area contributed by atoms with Crippen LogP contribution in [0.3, 0.4) is 0 Å². The molecule has 11 heteroatoms. The number of amides is 2. The summed E-state index contributed by atoms with van der Waals surface area (Å²) in [6, 6.07) is 9.47. The summed E-state index contributed by atoms with van der Waals surface area (Å²) in [5.74, 6) is -1.09. The molecule has 2 amide bonds. The van der Waals surface area contributed by atoms with Crippen molar-refractivity contribution in [3.63, 3.8) is 0 Å². The van der Waals surface area contributed by atoms with Crippen molar-refractivity contribution in [1.29, 1.82) is 0 Å². The van der Waals surface area contributed by atoms with Crippen molar-refractivity contribution in [1.82, 2.24) is 10.2 Å². The monoisotopic (exact) mass is 479 g/mol. The molecule has 9 nitrogen and oxygen atoms in total.